The number of halogens is 1. The lowest BCUT2D eigenvalue weighted by atomic mass is 9.86. The minimum absolute atomic E-state index is 0.0185. The summed E-state index contributed by atoms with van der Waals surface area (Å²) in [6.45, 7) is 0.569. The molecule has 4 nitrogen and oxygen atoms in total. The second-order valence-electron chi connectivity index (χ2n) is 4.44. The summed E-state index contributed by atoms with van der Waals surface area (Å²) in [6, 6.07) is 3.06. The Balaban J connectivity index is 2.10. The van der Waals surface area contributed by atoms with E-state index in [1.807, 2.05) is 0 Å². The SMILES string of the molecule is CN(CC1CCC1)S(=O)(=O)c1ccc(CCl)o1. The van der Waals surface area contributed by atoms with E-state index in [1.54, 1.807) is 13.1 Å². The molecular weight excluding hydrogens is 262 g/mol. The summed E-state index contributed by atoms with van der Waals surface area (Å²) in [4.78, 5) is 0. The minimum atomic E-state index is -3.49. The molecule has 1 aromatic heterocycles. The van der Waals surface area contributed by atoms with E-state index >= 15 is 0 Å². The Morgan fingerprint density at radius 3 is 2.65 bits per heavy atom. The van der Waals surface area contributed by atoms with E-state index in [0.717, 1.165) is 12.8 Å². The van der Waals surface area contributed by atoms with Crippen molar-refractivity contribution in [1.29, 1.82) is 0 Å². The largest absolute Gasteiger partial charge is 0.447 e. The van der Waals surface area contributed by atoms with Crippen molar-refractivity contribution in [2.24, 2.45) is 5.92 Å². The first-order valence-electron chi connectivity index (χ1n) is 5.65. The Morgan fingerprint density at radius 2 is 2.18 bits per heavy atom. The van der Waals surface area contributed by atoms with Gasteiger partial charge in [0.25, 0.3) is 10.0 Å². The third-order valence-electron chi connectivity index (χ3n) is 3.17. The maximum absolute atomic E-state index is 12.1. The van der Waals surface area contributed by atoms with Gasteiger partial charge in [0.1, 0.15) is 5.76 Å². The van der Waals surface area contributed by atoms with Gasteiger partial charge < -0.3 is 4.42 Å². The maximum Gasteiger partial charge on any atom is 0.276 e. The Labute approximate surface area is 107 Å². The number of rotatable bonds is 5. The van der Waals surface area contributed by atoms with Crippen molar-refractivity contribution in [2.75, 3.05) is 13.6 Å². The van der Waals surface area contributed by atoms with Crippen molar-refractivity contribution in [1.82, 2.24) is 4.31 Å². The zero-order chi connectivity index (χ0) is 12.5. The number of furan rings is 1. The van der Waals surface area contributed by atoms with Crippen LogP contribution < -0.4 is 0 Å². The van der Waals surface area contributed by atoms with Crippen LogP contribution in [-0.4, -0.2) is 26.3 Å². The third-order valence-corrected chi connectivity index (χ3v) is 5.13. The van der Waals surface area contributed by atoms with Crippen LogP contribution in [0.4, 0.5) is 0 Å². The molecule has 96 valence electrons. The molecule has 6 heteroatoms. The standard InChI is InChI=1S/C11H16ClNO3S/c1-13(8-9-3-2-4-9)17(14,15)11-6-5-10(7-12)16-11/h5-6,9H,2-4,7-8H2,1H3. The number of alkyl halides is 1. The van der Waals surface area contributed by atoms with E-state index in [9.17, 15) is 8.42 Å². The van der Waals surface area contributed by atoms with Crippen LogP contribution in [-0.2, 0) is 15.9 Å². The molecule has 0 bridgehead atoms. The molecule has 1 aliphatic carbocycles. The van der Waals surface area contributed by atoms with Gasteiger partial charge in [-0.3, -0.25) is 0 Å². The molecule has 0 spiro atoms. The molecule has 0 atom stereocenters. The fourth-order valence-corrected chi connectivity index (χ4v) is 3.17. The highest BCUT2D eigenvalue weighted by molar-refractivity contribution is 7.89. The van der Waals surface area contributed by atoms with Crippen molar-refractivity contribution in [3.05, 3.63) is 17.9 Å². The Bertz CT molecular complexity index is 479. The molecule has 0 aromatic carbocycles. The lowest BCUT2D eigenvalue weighted by Crippen LogP contribution is -2.34. The van der Waals surface area contributed by atoms with Crippen LogP contribution in [0.2, 0.25) is 0 Å². The molecule has 0 unspecified atom stereocenters. The van der Waals surface area contributed by atoms with Crippen LogP contribution in [0.1, 0.15) is 25.0 Å². The van der Waals surface area contributed by atoms with Gasteiger partial charge in [0.2, 0.25) is 5.09 Å². The van der Waals surface area contributed by atoms with Gasteiger partial charge in [-0.25, -0.2) is 8.42 Å². The minimum Gasteiger partial charge on any atom is -0.447 e. The third kappa shape index (κ3) is 2.67. The fraction of sp³-hybridized carbons (Fsp3) is 0.636. The molecule has 0 radical (unpaired) electrons. The van der Waals surface area contributed by atoms with Gasteiger partial charge in [-0.2, -0.15) is 4.31 Å². The quantitative estimate of drug-likeness (QED) is 0.777. The molecule has 0 saturated heterocycles. The zero-order valence-electron chi connectivity index (χ0n) is 9.73. The summed E-state index contributed by atoms with van der Waals surface area (Å²) < 4.78 is 30.8. The van der Waals surface area contributed by atoms with Crippen LogP contribution in [0.5, 0.6) is 0 Å². The molecule has 0 aliphatic heterocycles. The summed E-state index contributed by atoms with van der Waals surface area (Å²) >= 11 is 5.58. The zero-order valence-corrected chi connectivity index (χ0v) is 11.3. The Morgan fingerprint density at radius 1 is 1.47 bits per heavy atom. The fourth-order valence-electron chi connectivity index (χ4n) is 1.86. The predicted octanol–water partition coefficient (Wildman–Crippen LogP) is 2.44. The monoisotopic (exact) mass is 277 g/mol. The molecule has 17 heavy (non-hydrogen) atoms. The predicted molar refractivity (Wildman–Crippen MR) is 65.4 cm³/mol. The Kier molecular flexibility index (Phi) is 3.80. The number of sulfonamides is 1. The average Bonchev–Trinajstić information content (AvgIpc) is 2.71. The van der Waals surface area contributed by atoms with Gasteiger partial charge in [-0.1, -0.05) is 6.42 Å². The van der Waals surface area contributed by atoms with Gasteiger partial charge in [0.15, 0.2) is 0 Å². The highest BCUT2D eigenvalue weighted by Gasteiger charge is 2.28. The summed E-state index contributed by atoms with van der Waals surface area (Å²) in [5.41, 5.74) is 0. The summed E-state index contributed by atoms with van der Waals surface area (Å²) in [6.07, 6.45) is 3.44. The van der Waals surface area contributed by atoms with Crippen LogP contribution >= 0.6 is 11.6 Å². The highest BCUT2D eigenvalue weighted by atomic mass is 35.5. The molecule has 1 fully saturated rings. The molecule has 1 aliphatic rings. The second kappa shape index (κ2) is 5.00. The average molecular weight is 278 g/mol. The number of hydrogen-bond acceptors (Lipinski definition) is 3. The van der Waals surface area contributed by atoms with E-state index in [0.29, 0.717) is 18.2 Å². The van der Waals surface area contributed by atoms with Crippen LogP contribution in [0.3, 0.4) is 0 Å². The van der Waals surface area contributed by atoms with Crippen molar-refractivity contribution in [3.63, 3.8) is 0 Å². The van der Waals surface area contributed by atoms with Crippen molar-refractivity contribution in [2.45, 2.75) is 30.2 Å². The van der Waals surface area contributed by atoms with Crippen molar-refractivity contribution in [3.8, 4) is 0 Å². The smallest absolute Gasteiger partial charge is 0.276 e. The number of nitrogens with zero attached hydrogens (tertiary/aromatic N) is 1. The van der Waals surface area contributed by atoms with Gasteiger partial charge in [-0.05, 0) is 30.9 Å². The molecular formula is C11H16ClNO3S. The first kappa shape index (κ1) is 12.9. The van der Waals surface area contributed by atoms with Crippen LogP contribution in [0.25, 0.3) is 0 Å². The van der Waals surface area contributed by atoms with Gasteiger partial charge in [-0.15, -0.1) is 11.6 Å². The molecule has 2 rings (SSSR count). The van der Waals surface area contributed by atoms with E-state index in [1.165, 1.54) is 16.8 Å². The Hall–Kier alpha value is -0.520. The molecule has 1 saturated carbocycles. The molecule has 0 amide bonds. The lowest BCUT2D eigenvalue weighted by Gasteiger charge is -2.29. The van der Waals surface area contributed by atoms with Gasteiger partial charge in [0, 0.05) is 13.6 Å². The normalized spacial score (nSPS) is 17.4. The summed E-state index contributed by atoms with van der Waals surface area (Å²) in [5, 5.41) is -0.0185. The number of hydrogen-bond donors (Lipinski definition) is 0. The topological polar surface area (TPSA) is 50.5 Å². The van der Waals surface area contributed by atoms with E-state index in [2.05, 4.69) is 0 Å². The van der Waals surface area contributed by atoms with Crippen LogP contribution in [0.15, 0.2) is 21.6 Å². The summed E-state index contributed by atoms with van der Waals surface area (Å²) in [5.74, 6) is 1.15. The molecule has 1 heterocycles. The van der Waals surface area contributed by atoms with Gasteiger partial charge >= 0.3 is 0 Å². The first-order valence-corrected chi connectivity index (χ1v) is 7.62. The highest BCUT2D eigenvalue weighted by Crippen LogP contribution is 2.28. The van der Waals surface area contributed by atoms with E-state index in [-0.39, 0.29) is 11.0 Å². The first-order chi connectivity index (χ1) is 8.04. The van der Waals surface area contributed by atoms with E-state index < -0.39 is 10.0 Å². The molecule has 0 N–H and O–H groups in total. The van der Waals surface area contributed by atoms with Crippen molar-refractivity contribution >= 4 is 21.6 Å². The van der Waals surface area contributed by atoms with Gasteiger partial charge in [0.05, 0.1) is 5.88 Å². The van der Waals surface area contributed by atoms with Crippen molar-refractivity contribution < 1.29 is 12.8 Å². The lowest BCUT2D eigenvalue weighted by molar-refractivity contribution is 0.259. The summed E-state index contributed by atoms with van der Waals surface area (Å²) in [7, 11) is -1.90. The van der Waals surface area contributed by atoms with Crippen LogP contribution in [0, 0.1) is 5.92 Å². The molecule has 1 aromatic rings. The van der Waals surface area contributed by atoms with E-state index in [4.69, 9.17) is 16.0 Å². The maximum atomic E-state index is 12.1. The second-order valence-corrected chi connectivity index (χ2v) is 6.68.